The highest BCUT2D eigenvalue weighted by Crippen LogP contribution is 2.16. The summed E-state index contributed by atoms with van der Waals surface area (Å²) in [4.78, 5) is 30.5. The van der Waals surface area contributed by atoms with Gasteiger partial charge in [0.25, 0.3) is 11.8 Å². The van der Waals surface area contributed by atoms with E-state index in [4.69, 9.17) is 5.53 Å². The molecular formula is C25H31F2N5O3. The minimum atomic E-state index is -1.31. The normalized spacial score (nSPS) is 12.4. The molecule has 0 saturated carbocycles. The van der Waals surface area contributed by atoms with Gasteiger partial charge in [-0.05, 0) is 73.2 Å². The van der Waals surface area contributed by atoms with Crippen LogP contribution in [0, 0.1) is 18.6 Å². The molecule has 0 aliphatic heterocycles. The van der Waals surface area contributed by atoms with Gasteiger partial charge in [-0.25, -0.2) is 8.78 Å². The first-order valence-electron chi connectivity index (χ1n) is 11.5. The second-order valence-corrected chi connectivity index (χ2v) is 8.42. The van der Waals surface area contributed by atoms with E-state index in [2.05, 4.69) is 15.3 Å². The minimum Gasteiger partial charge on any atom is -0.391 e. The van der Waals surface area contributed by atoms with Crippen LogP contribution in [0.5, 0.6) is 0 Å². The molecule has 8 nitrogen and oxygen atoms in total. The molecule has 2 N–H and O–H groups in total. The Hall–Kier alpha value is -3.49. The van der Waals surface area contributed by atoms with Gasteiger partial charge in [-0.1, -0.05) is 19.0 Å². The van der Waals surface area contributed by atoms with Crippen molar-refractivity contribution in [2.24, 2.45) is 5.11 Å². The van der Waals surface area contributed by atoms with E-state index in [1.807, 2.05) is 13.8 Å². The SMILES string of the molecule is CCCN(CCC)C(=O)c1cc(C)cc(C(=O)N[C@@H](Cc2cc(F)cc(F)c2)[C@H](O)CN=[N+]=[N-])c1. The molecule has 2 atom stereocenters. The predicted octanol–water partition coefficient (Wildman–Crippen LogP) is 4.55. The number of amides is 2. The molecule has 2 amide bonds. The van der Waals surface area contributed by atoms with Crippen molar-refractivity contribution in [3.05, 3.63) is 80.7 Å². The van der Waals surface area contributed by atoms with E-state index >= 15 is 0 Å². The Morgan fingerprint density at radius 2 is 1.66 bits per heavy atom. The Morgan fingerprint density at radius 1 is 1.06 bits per heavy atom. The maximum absolute atomic E-state index is 13.7. The second kappa shape index (κ2) is 13.4. The van der Waals surface area contributed by atoms with Crippen molar-refractivity contribution in [3.63, 3.8) is 0 Å². The molecule has 10 heteroatoms. The van der Waals surface area contributed by atoms with Gasteiger partial charge in [0.1, 0.15) is 11.6 Å². The summed E-state index contributed by atoms with van der Waals surface area (Å²) in [6, 6.07) is 6.71. The molecule has 0 saturated heterocycles. The van der Waals surface area contributed by atoms with Crippen LogP contribution in [0.1, 0.15) is 58.5 Å². The van der Waals surface area contributed by atoms with Gasteiger partial charge in [-0.2, -0.15) is 0 Å². The van der Waals surface area contributed by atoms with Crippen LogP contribution >= 0.6 is 0 Å². The van der Waals surface area contributed by atoms with Gasteiger partial charge < -0.3 is 15.3 Å². The molecule has 2 aromatic carbocycles. The van der Waals surface area contributed by atoms with E-state index in [0.717, 1.165) is 31.0 Å². The standard InChI is InChI=1S/C25H31F2N5O3/c1-4-6-32(7-5-2)25(35)19-9-16(3)8-18(13-19)24(34)30-22(23(33)15-29-31-28)12-17-10-20(26)14-21(27)11-17/h8-11,13-14,22-23,33H,4-7,12,15H2,1-3H3,(H,30,34)/t22-,23+/m0/s1. The summed E-state index contributed by atoms with van der Waals surface area (Å²) in [7, 11) is 0. The molecule has 0 unspecified atom stereocenters. The number of nitrogens with one attached hydrogen (secondary N) is 1. The van der Waals surface area contributed by atoms with Gasteiger partial charge in [-0.15, -0.1) is 0 Å². The van der Waals surface area contributed by atoms with Crippen molar-refractivity contribution in [3.8, 4) is 0 Å². The Kier molecular flexibility index (Phi) is 10.6. The lowest BCUT2D eigenvalue weighted by Crippen LogP contribution is -2.46. The number of halogens is 2. The molecule has 188 valence electrons. The number of aliphatic hydroxyl groups is 1. The fourth-order valence-electron chi connectivity index (χ4n) is 3.84. The zero-order valence-electron chi connectivity index (χ0n) is 20.2. The lowest BCUT2D eigenvalue weighted by atomic mass is 9.99. The lowest BCUT2D eigenvalue weighted by molar-refractivity contribution is 0.0755. The maximum Gasteiger partial charge on any atom is 0.253 e. The number of carbonyl (C=O) groups excluding carboxylic acids is 2. The van der Waals surface area contributed by atoms with Crippen LogP contribution in [0.15, 0.2) is 41.5 Å². The summed E-state index contributed by atoms with van der Waals surface area (Å²) in [6.07, 6.45) is 0.185. The van der Waals surface area contributed by atoms with Gasteiger partial charge in [0, 0.05) is 35.2 Å². The molecule has 0 aliphatic carbocycles. The Bertz CT molecular complexity index is 1060. The molecule has 0 bridgehead atoms. The summed E-state index contributed by atoms with van der Waals surface area (Å²) in [5.74, 6) is -2.34. The summed E-state index contributed by atoms with van der Waals surface area (Å²) in [5.41, 5.74) is 10.1. The zero-order chi connectivity index (χ0) is 26.0. The predicted molar refractivity (Wildman–Crippen MR) is 129 cm³/mol. The first-order valence-corrected chi connectivity index (χ1v) is 11.5. The van der Waals surface area contributed by atoms with Crippen LogP contribution in [-0.2, 0) is 6.42 Å². The van der Waals surface area contributed by atoms with E-state index in [-0.39, 0.29) is 30.0 Å². The van der Waals surface area contributed by atoms with Crippen LogP contribution in [0.2, 0.25) is 0 Å². The van der Waals surface area contributed by atoms with Gasteiger partial charge in [-0.3, -0.25) is 9.59 Å². The van der Waals surface area contributed by atoms with Crippen molar-refractivity contribution >= 4 is 11.8 Å². The van der Waals surface area contributed by atoms with Gasteiger partial charge >= 0.3 is 0 Å². The fraction of sp³-hybridized carbons (Fsp3) is 0.440. The highest BCUT2D eigenvalue weighted by Gasteiger charge is 2.24. The third-order valence-corrected chi connectivity index (χ3v) is 5.35. The smallest absolute Gasteiger partial charge is 0.253 e. The fourth-order valence-corrected chi connectivity index (χ4v) is 3.84. The van der Waals surface area contributed by atoms with Gasteiger partial charge in [0.15, 0.2) is 0 Å². The molecule has 2 aromatic rings. The molecule has 0 aliphatic rings. The van der Waals surface area contributed by atoms with Crippen molar-refractivity contribution < 1.29 is 23.5 Å². The molecular weight excluding hydrogens is 456 g/mol. The van der Waals surface area contributed by atoms with Crippen molar-refractivity contribution in [1.29, 1.82) is 0 Å². The molecule has 0 aromatic heterocycles. The first-order chi connectivity index (χ1) is 16.7. The van der Waals surface area contributed by atoms with E-state index in [0.29, 0.717) is 24.2 Å². The van der Waals surface area contributed by atoms with Crippen LogP contribution in [0.3, 0.4) is 0 Å². The number of nitrogens with zero attached hydrogens (tertiary/aromatic N) is 4. The van der Waals surface area contributed by atoms with E-state index < -0.39 is 29.7 Å². The number of benzene rings is 2. The molecule has 0 radical (unpaired) electrons. The number of azide groups is 1. The minimum absolute atomic E-state index is 0.110. The topological polar surface area (TPSA) is 118 Å². The lowest BCUT2D eigenvalue weighted by Gasteiger charge is -2.24. The highest BCUT2D eigenvalue weighted by atomic mass is 19.1. The van der Waals surface area contributed by atoms with Gasteiger partial charge in [0.2, 0.25) is 0 Å². The third-order valence-electron chi connectivity index (χ3n) is 5.35. The summed E-state index contributed by atoms with van der Waals surface area (Å²) < 4.78 is 27.3. The largest absolute Gasteiger partial charge is 0.391 e. The molecule has 0 fully saturated rings. The Labute approximate surface area is 203 Å². The second-order valence-electron chi connectivity index (χ2n) is 8.42. The first kappa shape index (κ1) is 27.8. The van der Waals surface area contributed by atoms with Crippen LogP contribution in [0.4, 0.5) is 8.78 Å². The van der Waals surface area contributed by atoms with Crippen LogP contribution < -0.4 is 5.32 Å². The molecule has 0 heterocycles. The number of aryl methyl sites for hydroxylation is 1. The summed E-state index contributed by atoms with van der Waals surface area (Å²) in [5, 5.41) is 16.5. The monoisotopic (exact) mass is 487 g/mol. The molecule has 0 spiro atoms. The number of aliphatic hydroxyl groups excluding tert-OH is 1. The third kappa shape index (κ3) is 8.35. The van der Waals surface area contributed by atoms with Crippen molar-refractivity contribution in [2.75, 3.05) is 19.6 Å². The van der Waals surface area contributed by atoms with E-state index in [1.165, 1.54) is 6.07 Å². The van der Waals surface area contributed by atoms with Crippen molar-refractivity contribution in [2.45, 2.75) is 52.2 Å². The Balaban J connectivity index is 2.32. The van der Waals surface area contributed by atoms with E-state index in [1.54, 1.807) is 24.0 Å². The van der Waals surface area contributed by atoms with E-state index in [9.17, 15) is 23.5 Å². The average molecular weight is 488 g/mol. The number of carbonyl (C=O) groups is 2. The summed E-state index contributed by atoms with van der Waals surface area (Å²) in [6.45, 7) is 6.58. The Morgan fingerprint density at radius 3 is 2.23 bits per heavy atom. The zero-order valence-corrected chi connectivity index (χ0v) is 20.2. The summed E-state index contributed by atoms with van der Waals surface area (Å²) >= 11 is 0. The molecule has 2 rings (SSSR count). The van der Waals surface area contributed by atoms with Crippen LogP contribution in [0.25, 0.3) is 10.4 Å². The number of hydrogen-bond acceptors (Lipinski definition) is 4. The number of hydrogen-bond donors (Lipinski definition) is 2. The van der Waals surface area contributed by atoms with Crippen molar-refractivity contribution in [1.82, 2.24) is 10.2 Å². The quantitative estimate of drug-likeness (QED) is 0.260. The number of rotatable bonds is 12. The average Bonchev–Trinajstić information content (AvgIpc) is 2.80. The van der Waals surface area contributed by atoms with Gasteiger partial charge in [0.05, 0.1) is 18.7 Å². The highest BCUT2D eigenvalue weighted by molar-refractivity contribution is 6.00. The molecule has 35 heavy (non-hydrogen) atoms. The maximum atomic E-state index is 13.7. The van der Waals surface area contributed by atoms with Crippen LogP contribution in [-0.4, -0.2) is 53.6 Å².